The summed E-state index contributed by atoms with van der Waals surface area (Å²) in [5.41, 5.74) is 3.01. The zero-order chi connectivity index (χ0) is 16.9. The van der Waals surface area contributed by atoms with Crippen LogP contribution in [0.2, 0.25) is 0 Å². The van der Waals surface area contributed by atoms with Crippen LogP contribution in [0.25, 0.3) is 6.08 Å². The molecule has 0 unspecified atom stereocenters. The van der Waals surface area contributed by atoms with Crippen molar-refractivity contribution in [2.45, 2.75) is 26.2 Å². The second-order valence-corrected chi connectivity index (χ2v) is 7.25. The van der Waals surface area contributed by atoms with Gasteiger partial charge in [-0.2, -0.15) is 0 Å². The van der Waals surface area contributed by atoms with Gasteiger partial charge in [0.15, 0.2) is 4.32 Å². The fraction of sp³-hybridized carbons (Fsp3) is 0.211. The van der Waals surface area contributed by atoms with Crippen molar-refractivity contribution >= 4 is 46.0 Å². The lowest BCUT2D eigenvalue weighted by atomic mass is 10.1. The zero-order valence-corrected chi connectivity index (χ0v) is 15.1. The first-order valence-electron chi connectivity index (χ1n) is 7.96. The van der Waals surface area contributed by atoms with Gasteiger partial charge >= 0.3 is 0 Å². The number of nitrogens with zero attached hydrogens (tertiary/aromatic N) is 2. The molecule has 2 heterocycles. The molecule has 1 fully saturated rings. The number of carbonyl (C=O) groups excluding carboxylic acids is 1. The summed E-state index contributed by atoms with van der Waals surface area (Å²) in [6.07, 6.45) is 8.69. The molecule has 1 aromatic carbocycles. The molecule has 0 bridgehead atoms. The highest BCUT2D eigenvalue weighted by Gasteiger charge is 2.33. The Morgan fingerprint density at radius 3 is 2.71 bits per heavy atom. The molecule has 24 heavy (non-hydrogen) atoms. The monoisotopic (exact) mass is 354 g/mol. The van der Waals surface area contributed by atoms with Crippen LogP contribution in [0.5, 0.6) is 0 Å². The predicted molar refractivity (Wildman–Crippen MR) is 105 cm³/mol. The minimum absolute atomic E-state index is 0.0739. The van der Waals surface area contributed by atoms with Gasteiger partial charge in [0.1, 0.15) is 0 Å². The maximum Gasteiger partial charge on any atom is 0.270 e. The van der Waals surface area contributed by atoms with Crippen molar-refractivity contribution in [1.82, 2.24) is 4.98 Å². The van der Waals surface area contributed by atoms with Gasteiger partial charge in [0.2, 0.25) is 0 Å². The largest absolute Gasteiger partial charge is 0.270 e. The number of benzene rings is 1. The van der Waals surface area contributed by atoms with Crippen molar-refractivity contribution in [3.8, 4) is 0 Å². The minimum atomic E-state index is -0.0739. The number of rotatable bonds is 5. The number of aryl methyl sites for hydroxylation is 1. The predicted octanol–water partition coefficient (Wildman–Crippen LogP) is 4.83. The molecule has 0 spiro atoms. The average molecular weight is 355 g/mol. The SMILES string of the molecule is CCCCc1ccc(N2C(=O)C(=Cc3cccnc3)SC2=S)cc1. The molecule has 1 aliphatic heterocycles. The molecule has 0 aliphatic carbocycles. The van der Waals surface area contributed by atoms with Gasteiger partial charge in [-0.15, -0.1) is 0 Å². The normalized spacial score (nSPS) is 16.2. The number of thiocarbonyl (C=S) groups is 1. The third-order valence-corrected chi connectivity index (χ3v) is 5.09. The van der Waals surface area contributed by atoms with E-state index >= 15 is 0 Å². The summed E-state index contributed by atoms with van der Waals surface area (Å²) < 4.78 is 0.566. The standard InChI is InChI=1S/C19H18N2OS2/c1-2-3-5-14-7-9-16(10-8-14)21-18(22)17(24-19(21)23)12-15-6-4-11-20-13-15/h4,6-13H,2-3,5H2,1H3. The number of anilines is 1. The fourth-order valence-corrected chi connectivity index (χ4v) is 3.79. The molecule has 5 heteroatoms. The van der Waals surface area contributed by atoms with Crippen LogP contribution >= 0.6 is 24.0 Å². The number of thioether (sulfide) groups is 1. The number of unbranched alkanes of at least 4 members (excludes halogenated alkanes) is 1. The van der Waals surface area contributed by atoms with E-state index in [2.05, 4.69) is 24.0 Å². The average Bonchev–Trinajstić information content (AvgIpc) is 2.88. The number of aromatic nitrogens is 1. The highest BCUT2D eigenvalue weighted by Crippen LogP contribution is 2.36. The molecule has 122 valence electrons. The molecular formula is C19H18N2OS2. The summed E-state index contributed by atoms with van der Waals surface area (Å²) in [7, 11) is 0. The van der Waals surface area contributed by atoms with Gasteiger partial charge in [-0.1, -0.05) is 55.5 Å². The lowest BCUT2D eigenvalue weighted by molar-refractivity contribution is -0.113. The van der Waals surface area contributed by atoms with Crippen LogP contribution < -0.4 is 4.90 Å². The van der Waals surface area contributed by atoms with Crippen LogP contribution in [0.1, 0.15) is 30.9 Å². The van der Waals surface area contributed by atoms with Gasteiger partial charge in [-0.3, -0.25) is 14.7 Å². The smallest absolute Gasteiger partial charge is 0.268 e. The Kier molecular flexibility index (Phi) is 5.43. The number of carbonyl (C=O) groups is 1. The second-order valence-electron chi connectivity index (χ2n) is 5.57. The van der Waals surface area contributed by atoms with Crippen molar-refractivity contribution in [2.75, 3.05) is 4.90 Å². The molecule has 0 atom stereocenters. The maximum atomic E-state index is 12.7. The van der Waals surface area contributed by atoms with Gasteiger partial charge in [-0.05, 0) is 48.2 Å². The summed E-state index contributed by atoms with van der Waals surface area (Å²) in [5, 5.41) is 0. The molecule has 0 saturated carbocycles. The molecule has 1 saturated heterocycles. The Morgan fingerprint density at radius 1 is 1.25 bits per heavy atom. The van der Waals surface area contributed by atoms with E-state index in [1.54, 1.807) is 17.3 Å². The van der Waals surface area contributed by atoms with E-state index in [-0.39, 0.29) is 5.91 Å². The molecule has 3 nitrogen and oxygen atoms in total. The van der Waals surface area contributed by atoms with Crippen molar-refractivity contribution in [1.29, 1.82) is 0 Å². The molecule has 3 rings (SSSR count). The Hall–Kier alpha value is -1.98. The highest BCUT2D eigenvalue weighted by molar-refractivity contribution is 8.27. The number of hydrogen-bond donors (Lipinski definition) is 0. The van der Waals surface area contributed by atoms with E-state index in [4.69, 9.17) is 12.2 Å². The topological polar surface area (TPSA) is 33.2 Å². The molecular weight excluding hydrogens is 336 g/mol. The number of hydrogen-bond acceptors (Lipinski definition) is 4. The summed E-state index contributed by atoms with van der Waals surface area (Å²) in [6, 6.07) is 11.9. The third kappa shape index (κ3) is 3.74. The minimum Gasteiger partial charge on any atom is -0.268 e. The number of pyridine rings is 1. The van der Waals surface area contributed by atoms with E-state index in [0.717, 1.165) is 17.7 Å². The van der Waals surface area contributed by atoms with Gasteiger partial charge in [0.05, 0.1) is 10.6 Å². The van der Waals surface area contributed by atoms with Gasteiger partial charge in [-0.25, -0.2) is 0 Å². The Morgan fingerprint density at radius 2 is 2.04 bits per heavy atom. The van der Waals surface area contributed by atoms with E-state index in [0.29, 0.717) is 9.23 Å². The first-order valence-corrected chi connectivity index (χ1v) is 9.18. The number of amides is 1. The molecule has 0 N–H and O–H groups in total. The fourth-order valence-electron chi connectivity index (χ4n) is 2.50. The molecule has 1 aromatic heterocycles. The van der Waals surface area contributed by atoms with E-state index < -0.39 is 0 Å². The summed E-state index contributed by atoms with van der Waals surface area (Å²) >= 11 is 6.74. The molecule has 2 aromatic rings. The molecule has 0 radical (unpaired) electrons. The van der Waals surface area contributed by atoms with Crippen LogP contribution in [0.3, 0.4) is 0 Å². The summed E-state index contributed by atoms with van der Waals surface area (Å²) in [6.45, 7) is 2.18. The lowest BCUT2D eigenvalue weighted by Gasteiger charge is -2.15. The van der Waals surface area contributed by atoms with E-state index in [1.807, 2.05) is 30.3 Å². The second kappa shape index (κ2) is 7.73. The zero-order valence-electron chi connectivity index (χ0n) is 13.4. The van der Waals surface area contributed by atoms with Crippen molar-refractivity contribution in [3.63, 3.8) is 0 Å². The molecule has 1 aliphatic rings. The Labute approximate surface area is 151 Å². The van der Waals surface area contributed by atoms with Gasteiger partial charge < -0.3 is 0 Å². The Balaban J connectivity index is 1.80. The highest BCUT2D eigenvalue weighted by atomic mass is 32.2. The van der Waals surface area contributed by atoms with E-state index in [9.17, 15) is 4.79 Å². The summed E-state index contributed by atoms with van der Waals surface area (Å²) in [4.78, 5) is 19.0. The van der Waals surface area contributed by atoms with Crippen molar-refractivity contribution < 1.29 is 4.79 Å². The maximum absolute atomic E-state index is 12.7. The van der Waals surface area contributed by atoms with Gasteiger partial charge in [0, 0.05) is 12.4 Å². The third-order valence-electron chi connectivity index (χ3n) is 3.79. The molecule has 1 amide bonds. The van der Waals surface area contributed by atoms with Crippen LogP contribution in [-0.2, 0) is 11.2 Å². The van der Waals surface area contributed by atoms with E-state index in [1.165, 1.54) is 30.2 Å². The van der Waals surface area contributed by atoms with Crippen LogP contribution in [0, 0.1) is 0 Å². The van der Waals surface area contributed by atoms with Crippen molar-refractivity contribution in [2.24, 2.45) is 0 Å². The van der Waals surface area contributed by atoms with Crippen LogP contribution in [-0.4, -0.2) is 15.2 Å². The quantitative estimate of drug-likeness (QED) is 0.569. The first-order chi connectivity index (χ1) is 11.7. The Bertz CT molecular complexity index is 770. The van der Waals surface area contributed by atoms with Crippen LogP contribution in [0.4, 0.5) is 5.69 Å². The lowest BCUT2D eigenvalue weighted by Crippen LogP contribution is -2.27. The van der Waals surface area contributed by atoms with Crippen molar-refractivity contribution in [3.05, 3.63) is 64.8 Å². The summed E-state index contributed by atoms with van der Waals surface area (Å²) in [5.74, 6) is -0.0739. The van der Waals surface area contributed by atoms with Crippen LogP contribution in [0.15, 0.2) is 53.7 Å². The van der Waals surface area contributed by atoms with Gasteiger partial charge in [0.25, 0.3) is 5.91 Å². The first kappa shape index (κ1) is 16.9.